The number of esters is 1. The third-order valence-electron chi connectivity index (χ3n) is 5.31. The van der Waals surface area contributed by atoms with Gasteiger partial charge in [-0.1, -0.05) is 29.8 Å². The van der Waals surface area contributed by atoms with Gasteiger partial charge in [0.1, 0.15) is 10.9 Å². The van der Waals surface area contributed by atoms with Gasteiger partial charge in [0.25, 0.3) is 10.0 Å². The summed E-state index contributed by atoms with van der Waals surface area (Å²) in [5, 5.41) is 2.90. The fourth-order valence-electron chi connectivity index (χ4n) is 3.75. The van der Waals surface area contributed by atoms with E-state index in [2.05, 4.69) is 10.3 Å². The summed E-state index contributed by atoms with van der Waals surface area (Å²) in [7, 11) is -8.57. The van der Waals surface area contributed by atoms with Crippen LogP contribution >= 0.6 is 11.6 Å². The number of halogens is 1. The number of nitrogens with zero attached hydrogens (tertiary/aromatic N) is 1. The van der Waals surface area contributed by atoms with Crippen molar-refractivity contribution in [1.29, 1.82) is 0 Å². The summed E-state index contributed by atoms with van der Waals surface area (Å²) in [6.45, 7) is 1.88. The molecule has 1 unspecified atom stereocenters. The molecule has 1 aromatic heterocycles. The number of nitrogens with one attached hydrogen (secondary N) is 2. The molecule has 0 saturated carbocycles. The average molecular weight is 512 g/mol. The molecule has 9 nitrogen and oxygen atoms in total. The van der Waals surface area contributed by atoms with Gasteiger partial charge in [-0.25, -0.2) is 16.8 Å². The van der Waals surface area contributed by atoms with E-state index in [1.807, 2.05) is 0 Å². The molecule has 1 saturated heterocycles. The van der Waals surface area contributed by atoms with Gasteiger partial charge in [-0.05, 0) is 37.3 Å². The lowest BCUT2D eigenvalue weighted by atomic mass is 10.2. The number of benzene rings is 2. The lowest BCUT2D eigenvalue weighted by molar-refractivity contribution is -0.146. The highest BCUT2D eigenvalue weighted by atomic mass is 35.5. The minimum absolute atomic E-state index is 0.0490. The molecule has 0 amide bonds. The van der Waals surface area contributed by atoms with Crippen LogP contribution in [0.1, 0.15) is 6.92 Å². The van der Waals surface area contributed by atoms with Gasteiger partial charge >= 0.3 is 5.97 Å². The second-order valence-corrected chi connectivity index (χ2v) is 11.6. The molecule has 33 heavy (non-hydrogen) atoms. The molecule has 4 rings (SSSR count). The van der Waals surface area contributed by atoms with Crippen molar-refractivity contribution < 1.29 is 26.4 Å². The normalized spacial score (nSPS) is 17.8. The number of carbonyl (C=O) groups is 1. The molecule has 176 valence electrons. The van der Waals surface area contributed by atoms with Crippen molar-refractivity contribution in [2.45, 2.75) is 27.8 Å². The van der Waals surface area contributed by atoms with Crippen LogP contribution in [0.2, 0.25) is 5.02 Å². The third-order valence-corrected chi connectivity index (χ3v) is 9.36. The Labute approximate surface area is 196 Å². The number of fused-ring (bicyclic) bond motifs is 1. The first-order valence-electron chi connectivity index (χ1n) is 10.2. The van der Waals surface area contributed by atoms with Crippen molar-refractivity contribution in [2.75, 3.05) is 26.2 Å². The minimum atomic E-state index is -4.33. The summed E-state index contributed by atoms with van der Waals surface area (Å²) < 4.78 is 60.6. The molecule has 0 bridgehead atoms. The van der Waals surface area contributed by atoms with E-state index in [0.29, 0.717) is 5.52 Å². The number of hydrogen-bond donors (Lipinski definition) is 2. The summed E-state index contributed by atoms with van der Waals surface area (Å²) in [5.74, 6) is -0.571. The maximum Gasteiger partial charge on any atom is 0.324 e. The maximum atomic E-state index is 13.7. The highest BCUT2D eigenvalue weighted by Gasteiger charge is 2.39. The van der Waals surface area contributed by atoms with E-state index in [1.165, 1.54) is 30.3 Å². The summed E-state index contributed by atoms with van der Waals surface area (Å²) in [5.41, 5.74) is 0.310. The number of ether oxygens (including phenoxy) is 1. The molecule has 1 fully saturated rings. The van der Waals surface area contributed by atoms with E-state index in [1.54, 1.807) is 25.1 Å². The first kappa shape index (κ1) is 23.7. The van der Waals surface area contributed by atoms with Crippen LogP contribution in [0.25, 0.3) is 10.9 Å². The van der Waals surface area contributed by atoms with Gasteiger partial charge in [-0.2, -0.15) is 4.31 Å². The van der Waals surface area contributed by atoms with Gasteiger partial charge in [0.05, 0.1) is 11.5 Å². The molecule has 2 N–H and O–H groups in total. The van der Waals surface area contributed by atoms with E-state index >= 15 is 0 Å². The van der Waals surface area contributed by atoms with Crippen LogP contribution in [0.5, 0.6) is 0 Å². The Morgan fingerprint density at radius 1 is 1.15 bits per heavy atom. The number of carbonyl (C=O) groups excluding carboxylic acids is 1. The topological polar surface area (TPSA) is 126 Å². The van der Waals surface area contributed by atoms with Gasteiger partial charge in [0, 0.05) is 35.6 Å². The molecule has 2 aromatic carbocycles. The number of rotatable bonds is 6. The Balaban J connectivity index is 1.87. The van der Waals surface area contributed by atoms with E-state index in [-0.39, 0.29) is 46.4 Å². The molecule has 1 aliphatic heterocycles. The fraction of sp³-hybridized carbons (Fsp3) is 0.286. The second-order valence-electron chi connectivity index (χ2n) is 7.41. The molecule has 0 radical (unpaired) electrons. The molecule has 0 aliphatic carbocycles. The van der Waals surface area contributed by atoms with Gasteiger partial charge in [-0.15, -0.1) is 0 Å². The van der Waals surface area contributed by atoms with Crippen LogP contribution in [0.3, 0.4) is 0 Å². The van der Waals surface area contributed by atoms with Gasteiger partial charge < -0.3 is 15.0 Å². The average Bonchev–Trinajstić information content (AvgIpc) is 3.20. The highest BCUT2D eigenvalue weighted by Crippen LogP contribution is 2.36. The first-order valence-corrected chi connectivity index (χ1v) is 13.5. The van der Waals surface area contributed by atoms with E-state index < -0.39 is 36.9 Å². The summed E-state index contributed by atoms with van der Waals surface area (Å²) >= 11 is 6.11. The summed E-state index contributed by atoms with van der Waals surface area (Å²) in [4.78, 5) is 14.5. The molecule has 1 atom stereocenters. The Morgan fingerprint density at radius 3 is 2.58 bits per heavy atom. The van der Waals surface area contributed by atoms with Gasteiger partial charge in [0.15, 0.2) is 5.03 Å². The Bertz CT molecular complexity index is 1400. The monoisotopic (exact) mass is 511 g/mol. The Kier molecular flexibility index (Phi) is 6.52. The number of sulfone groups is 1. The van der Waals surface area contributed by atoms with E-state index in [9.17, 15) is 21.6 Å². The van der Waals surface area contributed by atoms with Crippen LogP contribution < -0.4 is 5.32 Å². The number of aromatic amines is 1. The number of aromatic nitrogens is 1. The number of piperazine rings is 1. The van der Waals surface area contributed by atoms with Crippen LogP contribution in [-0.4, -0.2) is 64.4 Å². The van der Waals surface area contributed by atoms with Crippen molar-refractivity contribution in [3.63, 3.8) is 0 Å². The van der Waals surface area contributed by atoms with E-state index in [4.69, 9.17) is 16.3 Å². The molecule has 3 aromatic rings. The summed E-state index contributed by atoms with van der Waals surface area (Å²) in [6.07, 6.45) is 0. The molecular weight excluding hydrogens is 490 g/mol. The zero-order valence-electron chi connectivity index (χ0n) is 17.6. The van der Waals surface area contributed by atoms with Crippen LogP contribution in [-0.2, 0) is 29.4 Å². The van der Waals surface area contributed by atoms with Gasteiger partial charge in [0.2, 0.25) is 9.84 Å². The zero-order chi connectivity index (χ0) is 23.8. The Morgan fingerprint density at radius 2 is 1.88 bits per heavy atom. The van der Waals surface area contributed by atoms with Crippen LogP contribution in [0.15, 0.2) is 63.3 Å². The molecular formula is C21H22ClN3O6S2. The van der Waals surface area contributed by atoms with Crippen molar-refractivity contribution in [3.8, 4) is 0 Å². The maximum absolute atomic E-state index is 13.7. The quantitative estimate of drug-likeness (QED) is 0.486. The smallest absolute Gasteiger partial charge is 0.324 e. The second kappa shape index (κ2) is 9.07. The highest BCUT2D eigenvalue weighted by molar-refractivity contribution is 7.93. The van der Waals surface area contributed by atoms with Crippen molar-refractivity contribution in [2.24, 2.45) is 0 Å². The number of H-pyrrole nitrogens is 1. The van der Waals surface area contributed by atoms with Gasteiger partial charge in [-0.3, -0.25) is 4.79 Å². The molecule has 0 spiro atoms. The SMILES string of the molecule is CCOC(=O)C1CN(S(=O)(=O)c2[nH]c3ccc(Cl)cc3c2S(=O)(=O)c2ccccc2)CCN1. The predicted molar refractivity (Wildman–Crippen MR) is 122 cm³/mol. The lowest BCUT2D eigenvalue weighted by Gasteiger charge is -2.31. The zero-order valence-corrected chi connectivity index (χ0v) is 20.0. The van der Waals surface area contributed by atoms with E-state index in [0.717, 1.165) is 4.31 Å². The van der Waals surface area contributed by atoms with Crippen LogP contribution in [0, 0.1) is 0 Å². The lowest BCUT2D eigenvalue weighted by Crippen LogP contribution is -2.56. The third kappa shape index (κ3) is 4.38. The number of sulfonamides is 1. The van der Waals surface area contributed by atoms with Crippen molar-refractivity contribution in [1.82, 2.24) is 14.6 Å². The largest absolute Gasteiger partial charge is 0.465 e. The van der Waals surface area contributed by atoms with Crippen molar-refractivity contribution >= 4 is 48.3 Å². The minimum Gasteiger partial charge on any atom is -0.465 e. The van der Waals surface area contributed by atoms with Crippen LogP contribution in [0.4, 0.5) is 0 Å². The fourth-order valence-corrected chi connectivity index (χ4v) is 7.59. The molecule has 12 heteroatoms. The van der Waals surface area contributed by atoms with Crippen molar-refractivity contribution in [3.05, 3.63) is 53.6 Å². The number of hydrogen-bond acceptors (Lipinski definition) is 7. The molecule has 1 aliphatic rings. The standard InChI is InChI=1S/C21H22ClN3O6S2/c1-2-31-21(26)18-13-25(11-10-23-18)33(29,30)20-19(16-12-14(22)8-9-17(16)24-20)32(27,28)15-6-4-3-5-7-15/h3-9,12,18,23-24H,2,10-11,13H2,1H3. The summed E-state index contributed by atoms with van der Waals surface area (Å²) in [6, 6.07) is 11.2. The molecule has 2 heterocycles. The first-order chi connectivity index (χ1) is 15.7. The predicted octanol–water partition coefficient (Wildman–Crippen LogP) is 2.18. The Hall–Kier alpha value is -2.44.